The first kappa shape index (κ1) is 40.1. The Morgan fingerprint density at radius 3 is 2.00 bits per heavy atom. The van der Waals surface area contributed by atoms with Crippen molar-refractivity contribution in [2.45, 2.75) is 37.9 Å². The quantitative estimate of drug-likeness (QED) is 0.113. The van der Waals surface area contributed by atoms with Gasteiger partial charge in [0.2, 0.25) is 23.6 Å². The summed E-state index contributed by atoms with van der Waals surface area (Å²) in [6, 6.07) is 32.0. The van der Waals surface area contributed by atoms with Gasteiger partial charge in [0.1, 0.15) is 11.7 Å². The van der Waals surface area contributed by atoms with E-state index in [1.807, 2.05) is 0 Å². The van der Waals surface area contributed by atoms with Crippen LogP contribution in [0.4, 0.5) is 32.8 Å². The van der Waals surface area contributed by atoms with Gasteiger partial charge in [-0.3, -0.25) is 28.8 Å². The van der Waals surface area contributed by atoms with Crippen molar-refractivity contribution in [1.82, 2.24) is 5.32 Å². The molecule has 0 saturated heterocycles. The molecular formula is C40H38ClFN6O6S. The summed E-state index contributed by atoms with van der Waals surface area (Å²) in [6.45, 7) is 1.49. The average molecular weight is 785 g/mol. The number of hydrogen-bond acceptors (Lipinski definition) is 7. The highest BCUT2D eigenvalue weighted by Crippen LogP contribution is 2.40. The molecule has 0 radical (unpaired) electrons. The van der Waals surface area contributed by atoms with Crippen molar-refractivity contribution in [3.8, 4) is 0 Å². The fourth-order valence-electron chi connectivity index (χ4n) is 6.04. The predicted octanol–water partition coefficient (Wildman–Crippen LogP) is 6.00. The number of carbonyl (C=O) groups excluding carboxylic acids is 4. The average Bonchev–Trinajstić information content (AvgIpc) is 3.24. The van der Waals surface area contributed by atoms with Gasteiger partial charge in [0.05, 0.1) is 22.8 Å². The second-order valence-electron chi connectivity index (χ2n) is 12.6. The van der Waals surface area contributed by atoms with E-state index in [0.29, 0.717) is 28.3 Å². The number of amides is 4. The van der Waals surface area contributed by atoms with Crippen LogP contribution < -0.4 is 30.9 Å². The van der Waals surface area contributed by atoms with Crippen molar-refractivity contribution >= 4 is 74.5 Å². The van der Waals surface area contributed by atoms with E-state index in [0.717, 1.165) is 5.56 Å². The van der Waals surface area contributed by atoms with Gasteiger partial charge in [0.25, 0.3) is 10.0 Å². The van der Waals surface area contributed by atoms with Crippen molar-refractivity contribution < 1.29 is 32.0 Å². The number of nitrogens with two attached hydrogens (primary N) is 1. The first-order valence-electron chi connectivity index (χ1n) is 17.0. The predicted molar refractivity (Wildman–Crippen MR) is 211 cm³/mol. The molecule has 5 N–H and O–H groups in total. The normalized spacial score (nSPS) is 14.0. The Kier molecular flexibility index (Phi) is 12.7. The van der Waals surface area contributed by atoms with Crippen molar-refractivity contribution in [2.75, 3.05) is 19.8 Å². The molecule has 0 aliphatic carbocycles. The second-order valence-corrected chi connectivity index (χ2v) is 14.3. The third kappa shape index (κ3) is 9.35. The van der Waals surface area contributed by atoms with Crippen LogP contribution in [0.25, 0.3) is 0 Å². The van der Waals surface area contributed by atoms with E-state index in [1.165, 1.54) is 59.2 Å². The van der Waals surface area contributed by atoms with Gasteiger partial charge < -0.3 is 21.3 Å². The molecule has 6 rings (SSSR count). The van der Waals surface area contributed by atoms with Crippen LogP contribution >= 0.6 is 12.4 Å². The van der Waals surface area contributed by atoms with Gasteiger partial charge >= 0.3 is 0 Å². The highest BCUT2D eigenvalue weighted by molar-refractivity contribution is 7.92. The summed E-state index contributed by atoms with van der Waals surface area (Å²) in [4.78, 5) is 56.4. The van der Waals surface area contributed by atoms with E-state index in [4.69, 9.17) is 5.73 Å². The number of anilines is 5. The molecule has 1 unspecified atom stereocenters. The molecule has 1 aliphatic heterocycles. The molecule has 0 fully saturated rings. The Balaban J connectivity index is 0.00000580. The van der Waals surface area contributed by atoms with Crippen molar-refractivity contribution in [2.24, 2.45) is 11.7 Å². The molecule has 1 aliphatic rings. The van der Waals surface area contributed by atoms with E-state index < -0.39 is 45.9 Å². The minimum absolute atomic E-state index is 0. The summed E-state index contributed by atoms with van der Waals surface area (Å²) in [5.74, 6) is -4.09. The molecule has 5 aromatic carbocycles. The maximum atomic E-state index is 14.5. The number of carbonyl (C=O) groups is 4. The van der Waals surface area contributed by atoms with Crippen LogP contribution in [0.1, 0.15) is 30.0 Å². The number of rotatable bonds is 12. The summed E-state index contributed by atoms with van der Waals surface area (Å²) >= 11 is 0. The van der Waals surface area contributed by atoms with Crippen molar-refractivity contribution in [1.29, 1.82) is 0 Å². The monoisotopic (exact) mass is 784 g/mol. The number of nitrogens with zero attached hydrogens (tertiary/aromatic N) is 2. The minimum Gasteiger partial charge on any atom is -0.352 e. The number of sulfonamides is 1. The summed E-state index contributed by atoms with van der Waals surface area (Å²) < 4.78 is 43.0. The van der Waals surface area contributed by atoms with Crippen molar-refractivity contribution in [3.63, 3.8) is 0 Å². The van der Waals surface area contributed by atoms with Gasteiger partial charge in [0.15, 0.2) is 0 Å². The number of hydrogen-bond donors (Lipinski definition) is 4. The van der Waals surface area contributed by atoms with E-state index in [9.17, 15) is 32.0 Å². The van der Waals surface area contributed by atoms with E-state index in [2.05, 4.69) is 15.4 Å². The molecule has 1 atom stereocenters. The fraction of sp³-hybridized carbons (Fsp3) is 0.150. The summed E-state index contributed by atoms with van der Waals surface area (Å²) in [5.41, 5.74) is 9.53. The van der Waals surface area contributed by atoms with Gasteiger partial charge in [-0.2, -0.15) is 0 Å². The Morgan fingerprint density at radius 2 is 1.36 bits per heavy atom. The van der Waals surface area contributed by atoms with Gasteiger partial charge in [0, 0.05) is 49.1 Å². The molecule has 55 heavy (non-hydrogen) atoms. The molecule has 15 heteroatoms. The molecule has 1 heterocycles. The lowest BCUT2D eigenvalue weighted by Gasteiger charge is -2.26. The maximum Gasteiger partial charge on any atom is 0.261 e. The molecule has 284 valence electrons. The molecule has 4 amide bonds. The Hall–Kier alpha value is -6.09. The SMILES string of the molecule is CC(=O)Nc1ccc(S(=O)(=O)Nc2ccc(CN3C(=O)C(CC(=O)NCc4ccccc4F)C(=O)N(c4ccc(CN)cc4)c4ccccc43)cc2)cc1.Cl. The van der Waals surface area contributed by atoms with Crippen LogP contribution in [0, 0.1) is 11.7 Å². The fourth-order valence-corrected chi connectivity index (χ4v) is 7.10. The third-order valence-electron chi connectivity index (χ3n) is 8.78. The van der Waals surface area contributed by atoms with Gasteiger partial charge in [-0.25, -0.2) is 12.8 Å². The lowest BCUT2D eigenvalue weighted by atomic mass is 10.0. The molecule has 0 bridgehead atoms. The largest absolute Gasteiger partial charge is 0.352 e. The highest BCUT2D eigenvalue weighted by Gasteiger charge is 2.42. The molecular weight excluding hydrogens is 747 g/mol. The number of fused-ring (bicyclic) bond motifs is 1. The van der Waals surface area contributed by atoms with Crippen LogP contribution in [0.5, 0.6) is 0 Å². The van der Waals surface area contributed by atoms with Crippen LogP contribution in [-0.4, -0.2) is 32.0 Å². The molecule has 0 aromatic heterocycles. The Morgan fingerprint density at radius 1 is 0.764 bits per heavy atom. The lowest BCUT2D eigenvalue weighted by Crippen LogP contribution is -2.43. The van der Waals surface area contributed by atoms with E-state index in [-0.39, 0.29) is 54.1 Å². The van der Waals surface area contributed by atoms with Crippen LogP contribution in [-0.2, 0) is 48.8 Å². The first-order chi connectivity index (χ1) is 25.9. The zero-order valence-corrected chi connectivity index (χ0v) is 31.2. The van der Waals surface area contributed by atoms with Gasteiger partial charge in [-0.15, -0.1) is 12.4 Å². The summed E-state index contributed by atoms with van der Waals surface area (Å²) in [6.07, 6.45) is -0.500. The van der Waals surface area contributed by atoms with E-state index >= 15 is 0 Å². The smallest absolute Gasteiger partial charge is 0.261 e. The van der Waals surface area contributed by atoms with Crippen LogP contribution in [0.2, 0.25) is 0 Å². The second kappa shape index (κ2) is 17.4. The number of nitrogens with one attached hydrogen (secondary N) is 3. The zero-order valence-electron chi connectivity index (χ0n) is 29.6. The molecule has 0 spiro atoms. The first-order valence-corrected chi connectivity index (χ1v) is 18.4. The Bertz CT molecular complexity index is 2310. The van der Waals surface area contributed by atoms with Crippen LogP contribution in [0.3, 0.4) is 0 Å². The lowest BCUT2D eigenvalue weighted by molar-refractivity contribution is -0.136. The summed E-state index contributed by atoms with van der Waals surface area (Å²) in [5, 5.41) is 5.23. The molecule has 12 nitrogen and oxygen atoms in total. The van der Waals surface area contributed by atoms with Crippen LogP contribution in [0.15, 0.2) is 126 Å². The topological polar surface area (TPSA) is 171 Å². The highest BCUT2D eigenvalue weighted by atomic mass is 35.5. The molecule has 0 saturated carbocycles. The molecule has 5 aromatic rings. The number of para-hydroxylation sites is 2. The minimum atomic E-state index is -3.98. The summed E-state index contributed by atoms with van der Waals surface area (Å²) in [7, 11) is -3.98. The maximum absolute atomic E-state index is 14.5. The van der Waals surface area contributed by atoms with Gasteiger partial charge in [-0.1, -0.05) is 54.6 Å². The zero-order chi connectivity index (χ0) is 38.4. The third-order valence-corrected chi connectivity index (χ3v) is 10.2. The number of halogens is 2. The number of benzene rings is 5. The van der Waals surface area contributed by atoms with E-state index in [1.54, 1.807) is 78.9 Å². The Labute approximate surface area is 324 Å². The van der Waals surface area contributed by atoms with Gasteiger partial charge in [-0.05, 0) is 77.9 Å². The van der Waals surface area contributed by atoms with Crippen molar-refractivity contribution in [3.05, 3.63) is 144 Å². The standard InChI is InChI=1S/C40H37FN6O6S.ClH/c1-26(48)44-30-16-20-33(21-17-30)54(52,53)45-31-14-10-28(11-15-31)25-46-36-8-4-5-9-37(36)47(32-18-12-27(23-42)13-19-32)40(51)34(39(46)50)22-38(49)43-24-29-6-2-3-7-35(29)41;/h2-21,34,45H,22-25,42H2,1H3,(H,43,49)(H,44,48);1H.